The fourth-order valence-electron chi connectivity index (χ4n) is 2.05. The van der Waals surface area contributed by atoms with E-state index in [2.05, 4.69) is 15.5 Å². The highest BCUT2D eigenvalue weighted by molar-refractivity contribution is 5.92. The van der Waals surface area contributed by atoms with Gasteiger partial charge in [0.15, 0.2) is 0 Å². The third-order valence-corrected chi connectivity index (χ3v) is 3.57. The first-order valence-electron chi connectivity index (χ1n) is 6.33. The lowest BCUT2D eigenvalue weighted by molar-refractivity contribution is 0.0945. The van der Waals surface area contributed by atoms with E-state index in [9.17, 15) is 4.79 Å². The zero-order valence-electron chi connectivity index (χ0n) is 9.78. The predicted octanol–water partition coefficient (Wildman–Crippen LogP) is 0.754. The normalized spacial score (nSPS) is 21.2. The second kappa shape index (κ2) is 4.14. The van der Waals surface area contributed by atoms with Crippen LogP contribution in [0.15, 0.2) is 6.07 Å². The molecule has 1 unspecified atom stereocenters. The van der Waals surface area contributed by atoms with Crippen LogP contribution < -0.4 is 11.1 Å². The van der Waals surface area contributed by atoms with Gasteiger partial charge in [-0.05, 0) is 37.7 Å². The Morgan fingerprint density at radius 3 is 2.94 bits per heavy atom. The molecule has 2 saturated carbocycles. The summed E-state index contributed by atoms with van der Waals surface area (Å²) in [5, 5.41) is 9.81. The van der Waals surface area contributed by atoms with Crippen LogP contribution in [0.2, 0.25) is 0 Å². The number of aromatic amines is 1. The van der Waals surface area contributed by atoms with Gasteiger partial charge in [0.25, 0.3) is 5.91 Å². The Kier molecular flexibility index (Phi) is 2.63. The molecule has 1 amide bonds. The molecule has 17 heavy (non-hydrogen) atoms. The number of hydrogen-bond donors (Lipinski definition) is 3. The van der Waals surface area contributed by atoms with E-state index in [1.165, 1.54) is 25.7 Å². The van der Waals surface area contributed by atoms with Crippen molar-refractivity contribution in [1.29, 1.82) is 0 Å². The Balaban J connectivity index is 1.53. The summed E-state index contributed by atoms with van der Waals surface area (Å²) in [5.74, 6) is 1.08. The molecule has 0 radical (unpaired) electrons. The van der Waals surface area contributed by atoms with Crippen molar-refractivity contribution in [1.82, 2.24) is 15.5 Å². The molecule has 2 fully saturated rings. The van der Waals surface area contributed by atoms with Gasteiger partial charge in [0.1, 0.15) is 5.69 Å². The molecule has 0 aliphatic heterocycles. The SMILES string of the molecule is NC(CNC(=O)c1cc(C2CC2)[nH]n1)C1CC1. The van der Waals surface area contributed by atoms with Gasteiger partial charge >= 0.3 is 0 Å². The molecule has 1 atom stereocenters. The third kappa shape index (κ3) is 2.49. The molecule has 0 saturated heterocycles. The van der Waals surface area contributed by atoms with Crippen molar-refractivity contribution < 1.29 is 4.79 Å². The number of nitrogens with one attached hydrogen (secondary N) is 2. The van der Waals surface area contributed by atoms with Crippen LogP contribution in [0.4, 0.5) is 0 Å². The minimum absolute atomic E-state index is 0.0980. The fourth-order valence-corrected chi connectivity index (χ4v) is 2.05. The lowest BCUT2D eigenvalue weighted by atomic mass is 10.2. The summed E-state index contributed by atoms with van der Waals surface area (Å²) in [6, 6.07) is 1.95. The van der Waals surface area contributed by atoms with Crippen LogP contribution in [0.3, 0.4) is 0 Å². The van der Waals surface area contributed by atoms with Crippen molar-refractivity contribution in [3.8, 4) is 0 Å². The van der Waals surface area contributed by atoms with Gasteiger partial charge in [-0.1, -0.05) is 0 Å². The van der Waals surface area contributed by atoms with Gasteiger partial charge < -0.3 is 11.1 Å². The van der Waals surface area contributed by atoms with E-state index in [1.54, 1.807) is 0 Å². The van der Waals surface area contributed by atoms with Crippen molar-refractivity contribution in [2.75, 3.05) is 6.54 Å². The molecule has 3 rings (SSSR count). The first-order chi connectivity index (χ1) is 8.24. The number of carbonyl (C=O) groups is 1. The van der Waals surface area contributed by atoms with Crippen molar-refractivity contribution in [2.24, 2.45) is 11.7 Å². The lowest BCUT2D eigenvalue weighted by Gasteiger charge is -2.10. The summed E-state index contributed by atoms with van der Waals surface area (Å²) in [6.45, 7) is 0.551. The highest BCUT2D eigenvalue weighted by Crippen LogP contribution is 2.39. The van der Waals surface area contributed by atoms with Crippen molar-refractivity contribution in [2.45, 2.75) is 37.6 Å². The molecular formula is C12H18N4O. The first-order valence-corrected chi connectivity index (χ1v) is 6.33. The Bertz CT molecular complexity index is 420. The average Bonchev–Trinajstić information content (AvgIpc) is 3.23. The second-order valence-corrected chi connectivity index (χ2v) is 5.19. The Morgan fingerprint density at radius 1 is 1.53 bits per heavy atom. The number of amides is 1. The van der Waals surface area contributed by atoms with Crippen molar-refractivity contribution in [3.05, 3.63) is 17.5 Å². The van der Waals surface area contributed by atoms with Crippen LogP contribution in [0.25, 0.3) is 0 Å². The highest BCUT2D eigenvalue weighted by atomic mass is 16.1. The smallest absolute Gasteiger partial charge is 0.271 e. The van der Waals surface area contributed by atoms with Crippen LogP contribution in [-0.2, 0) is 0 Å². The standard InChI is InChI=1S/C12H18N4O/c13-9(7-1-2-7)6-14-12(17)11-5-10(15-16-11)8-3-4-8/h5,7-9H,1-4,6,13H2,(H,14,17)(H,15,16). The first kappa shape index (κ1) is 10.8. The maximum Gasteiger partial charge on any atom is 0.271 e. The molecular weight excluding hydrogens is 216 g/mol. The lowest BCUT2D eigenvalue weighted by Crippen LogP contribution is -2.38. The highest BCUT2D eigenvalue weighted by Gasteiger charge is 2.29. The van der Waals surface area contributed by atoms with Gasteiger partial charge in [-0.25, -0.2) is 0 Å². The maximum atomic E-state index is 11.8. The number of hydrogen-bond acceptors (Lipinski definition) is 3. The summed E-state index contributed by atoms with van der Waals surface area (Å²) < 4.78 is 0. The fraction of sp³-hybridized carbons (Fsp3) is 0.667. The Morgan fingerprint density at radius 2 is 2.29 bits per heavy atom. The second-order valence-electron chi connectivity index (χ2n) is 5.19. The monoisotopic (exact) mass is 234 g/mol. The van der Waals surface area contributed by atoms with Gasteiger partial charge in [0.2, 0.25) is 0 Å². The number of nitrogens with two attached hydrogens (primary N) is 1. The Labute approximate surface area is 100 Å². The van der Waals surface area contributed by atoms with E-state index in [0.717, 1.165) is 5.69 Å². The van der Waals surface area contributed by atoms with E-state index >= 15 is 0 Å². The quantitative estimate of drug-likeness (QED) is 0.703. The minimum atomic E-state index is -0.121. The summed E-state index contributed by atoms with van der Waals surface area (Å²) in [4.78, 5) is 11.8. The van der Waals surface area contributed by atoms with Gasteiger partial charge in [-0.2, -0.15) is 5.10 Å². The molecule has 0 spiro atoms. The third-order valence-electron chi connectivity index (χ3n) is 3.57. The number of H-pyrrole nitrogens is 1. The van der Waals surface area contributed by atoms with E-state index in [-0.39, 0.29) is 11.9 Å². The average molecular weight is 234 g/mol. The molecule has 1 aromatic heterocycles. The molecule has 5 nitrogen and oxygen atoms in total. The van der Waals surface area contributed by atoms with Crippen LogP contribution in [-0.4, -0.2) is 28.7 Å². The summed E-state index contributed by atoms with van der Waals surface area (Å²) in [7, 11) is 0. The molecule has 2 aliphatic carbocycles. The van der Waals surface area contributed by atoms with Crippen LogP contribution in [0.1, 0.15) is 47.8 Å². The number of carbonyl (C=O) groups excluding carboxylic acids is 1. The zero-order valence-corrected chi connectivity index (χ0v) is 9.78. The molecule has 0 bridgehead atoms. The van der Waals surface area contributed by atoms with E-state index in [4.69, 9.17) is 5.73 Å². The number of rotatable bonds is 5. The van der Waals surface area contributed by atoms with E-state index in [1.807, 2.05) is 6.07 Å². The molecule has 1 heterocycles. The largest absolute Gasteiger partial charge is 0.349 e. The topological polar surface area (TPSA) is 83.8 Å². The molecule has 4 N–H and O–H groups in total. The van der Waals surface area contributed by atoms with Gasteiger partial charge in [-0.15, -0.1) is 0 Å². The zero-order chi connectivity index (χ0) is 11.8. The van der Waals surface area contributed by atoms with Crippen LogP contribution >= 0.6 is 0 Å². The summed E-state index contributed by atoms with van der Waals surface area (Å²) >= 11 is 0. The number of aromatic nitrogens is 2. The molecule has 92 valence electrons. The van der Waals surface area contributed by atoms with Gasteiger partial charge in [-0.3, -0.25) is 9.89 Å². The van der Waals surface area contributed by atoms with Gasteiger partial charge in [0, 0.05) is 24.2 Å². The van der Waals surface area contributed by atoms with E-state index in [0.29, 0.717) is 24.1 Å². The van der Waals surface area contributed by atoms with E-state index < -0.39 is 0 Å². The maximum absolute atomic E-state index is 11.8. The van der Waals surface area contributed by atoms with Crippen LogP contribution in [0.5, 0.6) is 0 Å². The Hall–Kier alpha value is -1.36. The van der Waals surface area contributed by atoms with Crippen molar-refractivity contribution in [3.63, 3.8) is 0 Å². The molecule has 2 aliphatic rings. The van der Waals surface area contributed by atoms with Crippen molar-refractivity contribution >= 4 is 5.91 Å². The summed E-state index contributed by atoms with van der Waals surface area (Å²) in [5.41, 5.74) is 7.49. The van der Waals surface area contributed by atoms with Crippen LogP contribution in [0, 0.1) is 5.92 Å². The minimum Gasteiger partial charge on any atom is -0.349 e. The molecule has 5 heteroatoms. The number of nitrogens with zero attached hydrogens (tertiary/aromatic N) is 1. The van der Waals surface area contributed by atoms with Gasteiger partial charge in [0.05, 0.1) is 0 Å². The summed E-state index contributed by atoms with van der Waals surface area (Å²) in [6.07, 6.45) is 4.81. The predicted molar refractivity (Wildman–Crippen MR) is 63.6 cm³/mol. The molecule has 0 aromatic carbocycles. The molecule has 1 aromatic rings.